The largest absolute Gasteiger partial charge is 0.273 e. The molecule has 29 heavy (non-hydrogen) atoms. The van der Waals surface area contributed by atoms with Gasteiger partial charge in [-0.05, 0) is 44.0 Å². The average molecular weight is 437 g/mol. The number of amides is 1. The van der Waals surface area contributed by atoms with Gasteiger partial charge < -0.3 is 0 Å². The number of carbonyl (C=O) groups excluding carboxylic acids is 1. The number of rotatable bonds is 6. The summed E-state index contributed by atoms with van der Waals surface area (Å²) in [5.74, 6) is -0.823. The van der Waals surface area contributed by atoms with Crippen LogP contribution in [0.15, 0.2) is 53.4 Å². The fraction of sp³-hybridized carbons (Fsp3) is 0.350. The van der Waals surface area contributed by atoms with Crippen molar-refractivity contribution in [1.29, 1.82) is 0 Å². The van der Waals surface area contributed by atoms with Gasteiger partial charge in [0.25, 0.3) is 0 Å². The Bertz CT molecular complexity index is 1130. The SMILES string of the molecule is Cc1ccc(N2C(=O)CCS2(=O)=O)cc1S(=O)(=O)N(Cc1ccccc1)C(C)C. The second-order valence-electron chi connectivity index (χ2n) is 7.30. The summed E-state index contributed by atoms with van der Waals surface area (Å²) in [5, 5.41) is 0. The standard InChI is InChI=1S/C20H24N2O5S2/c1-15(2)21(14-17-7-5-4-6-8-17)29(26,27)19-13-18(10-9-16(19)3)22-20(23)11-12-28(22,24)25/h4-10,13,15H,11-12,14H2,1-3H3. The van der Waals surface area contributed by atoms with E-state index in [-0.39, 0.29) is 35.3 Å². The van der Waals surface area contributed by atoms with E-state index in [4.69, 9.17) is 0 Å². The van der Waals surface area contributed by atoms with E-state index in [9.17, 15) is 21.6 Å². The number of hydrogen-bond acceptors (Lipinski definition) is 5. The summed E-state index contributed by atoms with van der Waals surface area (Å²) < 4.78 is 53.5. The molecule has 0 bridgehead atoms. The van der Waals surface area contributed by atoms with Crippen molar-refractivity contribution in [2.75, 3.05) is 10.1 Å². The predicted molar refractivity (Wildman–Crippen MR) is 111 cm³/mol. The highest BCUT2D eigenvalue weighted by molar-refractivity contribution is 7.94. The number of aryl methyl sites for hydroxylation is 1. The molecule has 1 amide bonds. The molecule has 0 saturated carbocycles. The van der Waals surface area contributed by atoms with Crippen molar-refractivity contribution in [3.05, 3.63) is 59.7 Å². The Kier molecular flexibility index (Phi) is 5.84. The van der Waals surface area contributed by atoms with Crippen molar-refractivity contribution in [3.8, 4) is 0 Å². The quantitative estimate of drug-likeness (QED) is 0.694. The van der Waals surface area contributed by atoms with Gasteiger partial charge in [-0.25, -0.2) is 21.1 Å². The molecule has 9 heteroatoms. The number of anilines is 1. The van der Waals surface area contributed by atoms with Crippen molar-refractivity contribution >= 4 is 31.6 Å². The number of hydrogen-bond donors (Lipinski definition) is 0. The Hall–Kier alpha value is -2.23. The highest BCUT2D eigenvalue weighted by Gasteiger charge is 2.37. The fourth-order valence-electron chi connectivity index (χ4n) is 3.30. The molecule has 0 aromatic heterocycles. The van der Waals surface area contributed by atoms with Gasteiger partial charge in [-0.1, -0.05) is 36.4 Å². The molecular weight excluding hydrogens is 412 g/mol. The molecule has 0 spiro atoms. The zero-order valence-corrected chi connectivity index (χ0v) is 18.2. The molecule has 7 nitrogen and oxygen atoms in total. The maximum atomic E-state index is 13.5. The molecule has 0 unspecified atom stereocenters. The van der Waals surface area contributed by atoms with Crippen LogP contribution in [0.1, 0.15) is 31.4 Å². The molecule has 0 N–H and O–H groups in total. The van der Waals surface area contributed by atoms with E-state index in [1.54, 1.807) is 20.8 Å². The molecule has 0 aliphatic carbocycles. The van der Waals surface area contributed by atoms with E-state index in [1.165, 1.54) is 22.5 Å². The van der Waals surface area contributed by atoms with Crippen LogP contribution < -0.4 is 4.31 Å². The lowest BCUT2D eigenvalue weighted by molar-refractivity contribution is -0.116. The summed E-state index contributed by atoms with van der Waals surface area (Å²) in [4.78, 5) is 12.1. The van der Waals surface area contributed by atoms with Gasteiger partial charge in [0.1, 0.15) is 0 Å². The van der Waals surface area contributed by atoms with E-state index in [0.717, 1.165) is 5.56 Å². The predicted octanol–water partition coefficient (Wildman–Crippen LogP) is 2.66. The fourth-order valence-corrected chi connectivity index (χ4v) is 6.62. The third kappa shape index (κ3) is 4.22. The van der Waals surface area contributed by atoms with Gasteiger partial charge in [0.2, 0.25) is 26.0 Å². The molecular formula is C20H24N2O5S2. The van der Waals surface area contributed by atoms with Gasteiger partial charge in [0, 0.05) is 19.0 Å². The smallest absolute Gasteiger partial charge is 0.243 e. The molecule has 1 aliphatic heterocycles. The summed E-state index contributed by atoms with van der Waals surface area (Å²) in [5.41, 5.74) is 1.38. The zero-order valence-electron chi connectivity index (χ0n) is 16.6. The maximum absolute atomic E-state index is 13.5. The van der Waals surface area contributed by atoms with Crippen LogP contribution in [0.5, 0.6) is 0 Å². The topological polar surface area (TPSA) is 91.8 Å². The minimum Gasteiger partial charge on any atom is -0.273 e. The van der Waals surface area contributed by atoms with Gasteiger partial charge in [0.05, 0.1) is 16.3 Å². The van der Waals surface area contributed by atoms with Crippen LogP contribution in [-0.4, -0.2) is 38.8 Å². The van der Waals surface area contributed by atoms with Gasteiger partial charge in [-0.3, -0.25) is 4.79 Å². The van der Waals surface area contributed by atoms with E-state index in [2.05, 4.69) is 0 Å². The van der Waals surface area contributed by atoms with Crippen molar-refractivity contribution in [2.24, 2.45) is 0 Å². The summed E-state index contributed by atoms with van der Waals surface area (Å²) in [6.07, 6.45) is -0.107. The molecule has 3 rings (SSSR count). The molecule has 2 aromatic rings. The summed E-state index contributed by atoms with van der Waals surface area (Å²) in [6.45, 7) is 5.41. The van der Waals surface area contributed by atoms with Crippen molar-refractivity contribution < 1.29 is 21.6 Å². The molecule has 1 aliphatic rings. The van der Waals surface area contributed by atoms with E-state index in [0.29, 0.717) is 9.87 Å². The summed E-state index contributed by atoms with van der Waals surface area (Å²) in [6, 6.07) is 13.2. The molecule has 0 radical (unpaired) electrons. The Balaban J connectivity index is 2.06. The van der Waals surface area contributed by atoms with E-state index in [1.807, 2.05) is 30.3 Å². The third-order valence-electron chi connectivity index (χ3n) is 4.83. The molecule has 0 atom stereocenters. The first kappa shape index (κ1) is 21.5. The van der Waals surface area contributed by atoms with Gasteiger partial charge >= 0.3 is 0 Å². The molecule has 156 valence electrons. The Morgan fingerprint density at radius 3 is 2.31 bits per heavy atom. The van der Waals surface area contributed by atoms with Crippen LogP contribution >= 0.6 is 0 Å². The first-order valence-electron chi connectivity index (χ1n) is 9.26. The zero-order chi connectivity index (χ0) is 21.4. The van der Waals surface area contributed by atoms with Crippen molar-refractivity contribution in [1.82, 2.24) is 4.31 Å². The van der Waals surface area contributed by atoms with Crippen molar-refractivity contribution in [3.63, 3.8) is 0 Å². The lowest BCUT2D eigenvalue weighted by Gasteiger charge is -2.27. The molecule has 1 saturated heterocycles. The lowest BCUT2D eigenvalue weighted by Crippen LogP contribution is -2.37. The monoisotopic (exact) mass is 436 g/mol. The molecule has 2 aromatic carbocycles. The summed E-state index contributed by atoms with van der Waals surface area (Å²) >= 11 is 0. The van der Waals surface area contributed by atoms with Gasteiger partial charge in [-0.15, -0.1) is 0 Å². The van der Waals surface area contributed by atoms with Crippen molar-refractivity contribution in [2.45, 2.75) is 44.7 Å². The molecule has 1 heterocycles. The van der Waals surface area contributed by atoms with Gasteiger partial charge in [-0.2, -0.15) is 4.31 Å². The number of nitrogens with zero attached hydrogens (tertiary/aromatic N) is 2. The normalized spacial score (nSPS) is 16.7. The van der Waals surface area contributed by atoms with Crippen LogP contribution in [0.25, 0.3) is 0 Å². The Morgan fingerprint density at radius 1 is 1.10 bits per heavy atom. The first-order chi connectivity index (χ1) is 13.5. The second kappa shape index (κ2) is 7.89. The molecule has 1 fully saturated rings. The maximum Gasteiger partial charge on any atom is 0.243 e. The average Bonchev–Trinajstić information content (AvgIpc) is 2.93. The number of carbonyl (C=O) groups is 1. The third-order valence-corrected chi connectivity index (χ3v) is 8.68. The van der Waals surface area contributed by atoms with Crippen LogP contribution in [0.2, 0.25) is 0 Å². The first-order valence-corrected chi connectivity index (χ1v) is 12.3. The van der Waals surface area contributed by atoms with Crippen LogP contribution in [0.3, 0.4) is 0 Å². The highest BCUT2D eigenvalue weighted by Crippen LogP contribution is 2.31. The second-order valence-corrected chi connectivity index (χ2v) is 11.1. The van der Waals surface area contributed by atoms with E-state index < -0.39 is 26.0 Å². The summed E-state index contributed by atoms with van der Waals surface area (Å²) in [7, 11) is -7.71. The van der Waals surface area contributed by atoms with E-state index >= 15 is 0 Å². The minimum absolute atomic E-state index is 0.00506. The Morgan fingerprint density at radius 2 is 1.76 bits per heavy atom. The van der Waals surface area contributed by atoms with Crippen LogP contribution in [0, 0.1) is 6.92 Å². The minimum atomic E-state index is -3.94. The number of sulfonamides is 2. The highest BCUT2D eigenvalue weighted by atomic mass is 32.2. The Labute approximate surface area is 172 Å². The van der Waals surface area contributed by atoms with Crippen LogP contribution in [0.4, 0.5) is 5.69 Å². The van der Waals surface area contributed by atoms with Gasteiger partial charge in [0.15, 0.2) is 0 Å². The lowest BCUT2D eigenvalue weighted by atomic mass is 10.2. The van der Waals surface area contributed by atoms with Crippen LogP contribution in [-0.2, 0) is 31.4 Å². The number of benzene rings is 2.